The standard InChI is InChI=1S/C15H19ClN4O4S/c1-11(9-20-10-12(16)8-17-20)7-18-25(22,23)14-5-3-13(4-6-14)19-15(21)24-2/h3-6,8,10-11,18H,7,9H2,1-2H3,(H,19,21)/t11-/m0/s1. The van der Waals surface area contributed by atoms with Gasteiger partial charge in [-0.05, 0) is 30.2 Å². The average molecular weight is 387 g/mol. The topological polar surface area (TPSA) is 102 Å². The highest BCUT2D eigenvalue weighted by Crippen LogP contribution is 2.15. The zero-order chi connectivity index (χ0) is 18.4. The molecule has 2 rings (SSSR count). The van der Waals surface area contributed by atoms with Crippen molar-refractivity contribution in [2.45, 2.75) is 18.4 Å². The number of ether oxygens (including phenoxy) is 1. The number of methoxy groups -OCH3 is 1. The largest absolute Gasteiger partial charge is 0.453 e. The Morgan fingerprint density at radius 3 is 2.60 bits per heavy atom. The maximum Gasteiger partial charge on any atom is 0.411 e. The molecule has 0 fully saturated rings. The summed E-state index contributed by atoms with van der Waals surface area (Å²) in [6.07, 6.45) is 2.59. The SMILES string of the molecule is COC(=O)Nc1ccc(S(=O)(=O)NC[C@H](C)Cn2cc(Cl)cn2)cc1. The monoisotopic (exact) mass is 386 g/mol. The van der Waals surface area contributed by atoms with E-state index in [-0.39, 0.29) is 17.4 Å². The Balaban J connectivity index is 1.93. The maximum absolute atomic E-state index is 12.3. The second-order valence-electron chi connectivity index (χ2n) is 5.48. The molecule has 0 aliphatic carbocycles. The number of benzene rings is 1. The van der Waals surface area contributed by atoms with Gasteiger partial charge in [0.25, 0.3) is 0 Å². The Hall–Kier alpha value is -2.10. The first-order chi connectivity index (χ1) is 11.8. The third-order valence-electron chi connectivity index (χ3n) is 3.32. The number of rotatable bonds is 7. The van der Waals surface area contributed by atoms with E-state index in [1.165, 1.54) is 37.6 Å². The van der Waals surface area contributed by atoms with Gasteiger partial charge in [-0.3, -0.25) is 10.00 Å². The van der Waals surface area contributed by atoms with E-state index in [0.717, 1.165) is 0 Å². The summed E-state index contributed by atoms with van der Waals surface area (Å²) >= 11 is 5.80. The van der Waals surface area contributed by atoms with Crippen molar-refractivity contribution in [2.75, 3.05) is 19.0 Å². The highest BCUT2D eigenvalue weighted by Gasteiger charge is 2.16. The first kappa shape index (κ1) is 19.2. The number of carbonyl (C=O) groups is 1. The fraction of sp³-hybridized carbons (Fsp3) is 0.333. The summed E-state index contributed by atoms with van der Waals surface area (Å²) in [4.78, 5) is 11.2. The highest BCUT2D eigenvalue weighted by molar-refractivity contribution is 7.89. The molecule has 0 bridgehead atoms. The zero-order valence-electron chi connectivity index (χ0n) is 13.8. The summed E-state index contributed by atoms with van der Waals surface area (Å²) in [5, 5.41) is 7.05. The lowest BCUT2D eigenvalue weighted by atomic mass is 10.2. The number of aromatic nitrogens is 2. The van der Waals surface area contributed by atoms with Crippen molar-refractivity contribution in [3.63, 3.8) is 0 Å². The van der Waals surface area contributed by atoms with Crippen LogP contribution in [0.3, 0.4) is 0 Å². The maximum atomic E-state index is 12.3. The number of nitrogens with zero attached hydrogens (tertiary/aromatic N) is 2. The van der Waals surface area contributed by atoms with Crippen molar-refractivity contribution in [3.8, 4) is 0 Å². The summed E-state index contributed by atoms with van der Waals surface area (Å²) in [6.45, 7) is 2.70. The quantitative estimate of drug-likeness (QED) is 0.760. The number of hydrogen-bond acceptors (Lipinski definition) is 5. The van der Waals surface area contributed by atoms with Gasteiger partial charge in [0.05, 0.1) is 23.2 Å². The number of nitrogens with one attached hydrogen (secondary N) is 2. The van der Waals surface area contributed by atoms with Crippen LogP contribution in [0, 0.1) is 5.92 Å². The molecule has 10 heteroatoms. The molecule has 8 nitrogen and oxygen atoms in total. The van der Waals surface area contributed by atoms with Crippen LogP contribution in [0.4, 0.5) is 10.5 Å². The molecule has 0 aliphatic heterocycles. The van der Waals surface area contributed by atoms with Crippen molar-refractivity contribution in [3.05, 3.63) is 41.7 Å². The fourth-order valence-corrected chi connectivity index (χ4v) is 3.36. The Morgan fingerprint density at radius 1 is 1.36 bits per heavy atom. The van der Waals surface area contributed by atoms with Gasteiger partial charge in [-0.15, -0.1) is 0 Å². The van der Waals surface area contributed by atoms with Gasteiger partial charge in [0, 0.05) is 25.0 Å². The predicted octanol–water partition coefficient (Wildman–Crippen LogP) is 2.33. The molecule has 136 valence electrons. The minimum atomic E-state index is -3.64. The Bertz CT molecular complexity index is 820. The summed E-state index contributed by atoms with van der Waals surface area (Å²) in [5.74, 6) is 0.0195. The molecular weight excluding hydrogens is 368 g/mol. The van der Waals surface area contributed by atoms with Gasteiger partial charge in [-0.25, -0.2) is 17.9 Å². The second kappa shape index (κ2) is 8.32. The minimum Gasteiger partial charge on any atom is -0.453 e. The Kier molecular flexibility index (Phi) is 6.40. The molecule has 1 heterocycles. The Morgan fingerprint density at radius 2 is 2.04 bits per heavy atom. The molecule has 2 aromatic rings. The van der Waals surface area contributed by atoms with E-state index < -0.39 is 16.1 Å². The van der Waals surface area contributed by atoms with Crippen LogP contribution in [0.2, 0.25) is 5.02 Å². The Labute approximate surface area is 151 Å². The van der Waals surface area contributed by atoms with Crippen LogP contribution in [-0.4, -0.2) is 37.9 Å². The van der Waals surface area contributed by atoms with Crippen LogP contribution in [-0.2, 0) is 21.3 Å². The molecule has 1 aromatic heterocycles. The van der Waals surface area contributed by atoms with E-state index in [1.807, 2.05) is 6.92 Å². The van der Waals surface area contributed by atoms with Gasteiger partial charge in [0.2, 0.25) is 10.0 Å². The molecule has 1 amide bonds. The third-order valence-corrected chi connectivity index (χ3v) is 4.95. The molecule has 0 saturated carbocycles. The molecule has 0 radical (unpaired) electrons. The molecule has 0 spiro atoms. The van der Waals surface area contributed by atoms with Crippen LogP contribution >= 0.6 is 11.6 Å². The van der Waals surface area contributed by atoms with Crippen molar-refractivity contribution >= 4 is 33.4 Å². The number of anilines is 1. The van der Waals surface area contributed by atoms with Crippen LogP contribution in [0.25, 0.3) is 0 Å². The number of amides is 1. The number of hydrogen-bond donors (Lipinski definition) is 2. The minimum absolute atomic E-state index is 0.0195. The average Bonchev–Trinajstić information content (AvgIpc) is 2.98. The van der Waals surface area contributed by atoms with Crippen LogP contribution in [0.5, 0.6) is 0 Å². The molecule has 2 N–H and O–H groups in total. The number of halogens is 1. The van der Waals surface area contributed by atoms with Gasteiger partial charge in [0.1, 0.15) is 0 Å². The first-order valence-corrected chi connectivity index (χ1v) is 9.29. The number of carbonyl (C=O) groups excluding carboxylic acids is 1. The lowest BCUT2D eigenvalue weighted by molar-refractivity contribution is 0.187. The molecule has 1 aromatic carbocycles. The second-order valence-corrected chi connectivity index (χ2v) is 7.68. The highest BCUT2D eigenvalue weighted by atomic mass is 35.5. The van der Waals surface area contributed by atoms with Gasteiger partial charge in [0.15, 0.2) is 0 Å². The van der Waals surface area contributed by atoms with E-state index in [0.29, 0.717) is 17.3 Å². The molecule has 0 unspecified atom stereocenters. The zero-order valence-corrected chi connectivity index (χ0v) is 15.3. The van der Waals surface area contributed by atoms with Gasteiger partial charge >= 0.3 is 6.09 Å². The molecule has 1 atom stereocenters. The smallest absolute Gasteiger partial charge is 0.411 e. The van der Waals surface area contributed by atoms with Gasteiger partial charge in [-0.1, -0.05) is 18.5 Å². The summed E-state index contributed by atoms with van der Waals surface area (Å²) < 4.78 is 33.3. The van der Waals surface area contributed by atoms with E-state index in [2.05, 4.69) is 19.9 Å². The lowest BCUT2D eigenvalue weighted by Gasteiger charge is -2.13. The fourth-order valence-electron chi connectivity index (χ4n) is 2.04. The van der Waals surface area contributed by atoms with Crippen molar-refractivity contribution in [1.82, 2.24) is 14.5 Å². The molecule has 25 heavy (non-hydrogen) atoms. The summed E-state index contributed by atoms with van der Waals surface area (Å²) in [6, 6.07) is 5.79. The van der Waals surface area contributed by atoms with Crippen molar-refractivity contribution in [2.24, 2.45) is 5.92 Å². The lowest BCUT2D eigenvalue weighted by Crippen LogP contribution is -2.30. The van der Waals surface area contributed by atoms with Crippen molar-refractivity contribution < 1.29 is 17.9 Å². The van der Waals surface area contributed by atoms with Crippen LogP contribution < -0.4 is 10.0 Å². The first-order valence-electron chi connectivity index (χ1n) is 7.43. The van der Waals surface area contributed by atoms with Crippen LogP contribution in [0.15, 0.2) is 41.6 Å². The number of sulfonamides is 1. The van der Waals surface area contributed by atoms with E-state index in [4.69, 9.17) is 11.6 Å². The van der Waals surface area contributed by atoms with Crippen molar-refractivity contribution in [1.29, 1.82) is 0 Å². The van der Waals surface area contributed by atoms with E-state index in [1.54, 1.807) is 10.9 Å². The van der Waals surface area contributed by atoms with Crippen LogP contribution in [0.1, 0.15) is 6.92 Å². The van der Waals surface area contributed by atoms with E-state index >= 15 is 0 Å². The molecule has 0 aliphatic rings. The molecular formula is C15H19ClN4O4S. The van der Waals surface area contributed by atoms with Gasteiger partial charge in [-0.2, -0.15) is 5.10 Å². The normalized spacial score (nSPS) is 12.6. The molecule has 0 saturated heterocycles. The predicted molar refractivity (Wildman–Crippen MR) is 94.1 cm³/mol. The van der Waals surface area contributed by atoms with E-state index in [9.17, 15) is 13.2 Å². The third kappa shape index (κ3) is 5.73. The summed E-state index contributed by atoms with van der Waals surface area (Å²) in [7, 11) is -2.40. The van der Waals surface area contributed by atoms with Gasteiger partial charge < -0.3 is 4.74 Å². The summed E-state index contributed by atoms with van der Waals surface area (Å²) in [5.41, 5.74) is 0.440.